The number of hydrogen-bond donors (Lipinski definition) is 2. The van der Waals surface area contributed by atoms with Crippen LogP contribution in [0.25, 0.3) is 0 Å². The molecule has 0 aliphatic heterocycles. The molecule has 0 fully saturated rings. The first-order chi connectivity index (χ1) is 25.9. The Morgan fingerprint density at radius 3 is 1.51 bits per heavy atom. The Hall–Kier alpha value is -1.54. The predicted octanol–water partition coefficient (Wildman–Crippen LogP) is 12.8. The molecule has 0 bridgehead atoms. The minimum atomic E-state index is -4.29. The fourth-order valence-electron chi connectivity index (χ4n) is 5.88. The van der Waals surface area contributed by atoms with Crippen LogP contribution in [-0.4, -0.2) is 49.9 Å². The summed E-state index contributed by atoms with van der Waals surface area (Å²) in [4.78, 5) is 22.5. The molecular weight excluding hydrogens is 685 g/mol. The zero-order chi connectivity index (χ0) is 38.8. The summed E-state index contributed by atoms with van der Waals surface area (Å²) in [6.07, 6.45) is 48.6. The van der Waals surface area contributed by atoms with E-state index in [0.717, 1.165) is 57.8 Å². The van der Waals surface area contributed by atoms with Crippen molar-refractivity contribution in [2.24, 2.45) is 5.73 Å². The standard InChI is InChI=1S/C44H82NO7P/c1-3-5-7-9-11-13-15-17-19-20-21-22-23-24-25-27-29-31-33-35-37-44(46)52-43(42-51-53(47,48)50-40-38-45)41-49-39-36-34-32-30-28-26-18-16-14-12-10-8-6-4-2/h6,8,12,14,18,26,30,32,43H,3-5,7,9-11,13,15-17,19-25,27-29,31,33-42,45H2,1-2H3,(H,47,48)/b8-6-,14-12-,26-18-,32-30-. The van der Waals surface area contributed by atoms with Crippen LogP contribution in [0.15, 0.2) is 48.6 Å². The quantitative estimate of drug-likeness (QED) is 0.0273. The number of phosphoric ester groups is 1. The Morgan fingerprint density at radius 1 is 0.585 bits per heavy atom. The predicted molar refractivity (Wildman–Crippen MR) is 224 cm³/mol. The van der Waals surface area contributed by atoms with Crippen LogP contribution >= 0.6 is 7.82 Å². The Kier molecular flexibility index (Phi) is 40.4. The summed E-state index contributed by atoms with van der Waals surface area (Å²) >= 11 is 0. The van der Waals surface area contributed by atoms with Gasteiger partial charge in [-0.3, -0.25) is 13.8 Å². The van der Waals surface area contributed by atoms with Crippen LogP contribution in [0.4, 0.5) is 0 Å². The third kappa shape index (κ3) is 41.5. The van der Waals surface area contributed by atoms with Crippen molar-refractivity contribution in [1.29, 1.82) is 0 Å². The maximum atomic E-state index is 12.6. The molecule has 0 spiro atoms. The molecular formula is C44H82NO7P. The van der Waals surface area contributed by atoms with Gasteiger partial charge in [0.1, 0.15) is 6.10 Å². The number of carbonyl (C=O) groups is 1. The number of esters is 1. The maximum Gasteiger partial charge on any atom is 0.472 e. The monoisotopic (exact) mass is 768 g/mol. The molecule has 9 heteroatoms. The molecule has 0 rings (SSSR count). The first-order valence-corrected chi connectivity index (χ1v) is 23.1. The molecule has 0 aliphatic carbocycles. The molecule has 0 saturated carbocycles. The van der Waals surface area contributed by atoms with Gasteiger partial charge in [0.2, 0.25) is 0 Å². The summed E-state index contributed by atoms with van der Waals surface area (Å²) in [5.74, 6) is -0.347. The highest BCUT2D eigenvalue weighted by atomic mass is 31.2. The molecule has 3 N–H and O–H groups in total. The van der Waals surface area contributed by atoms with Crippen LogP contribution in [0.5, 0.6) is 0 Å². The fourth-order valence-corrected chi connectivity index (χ4v) is 6.65. The van der Waals surface area contributed by atoms with Gasteiger partial charge < -0.3 is 20.1 Å². The second-order valence-electron chi connectivity index (χ2n) is 14.2. The molecule has 0 radical (unpaired) electrons. The highest BCUT2D eigenvalue weighted by molar-refractivity contribution is 7.47. The lowest BCUT2D eigenvalue weighted by molar-refractivity contribution is -0.154. The van der Waals surface area contributed by atoms with Crippen LogP contribution in [0, 0.1) is 0 Å². The van der Waals surface area contributed by atoms with Crippen molar-refractivity contribution in [1.82, 2.24) is 0 Å². The minimum absolute atomic E-state index is 0.0795. The molecule has 0 heterocycles. The molecule has 0 aromatic carbocycles. The number of rotatable bonds is 41. The third-order valence-corrected chi connectivity index (χ3v) is 9.99. The second kappa shape index (κ2) is 41.6. The van der Waals surface area contributed by atoms with E-state index in [1.54, 1.807) is 0 Å². The van der Waals surface area contributed by atoms with Gasteiger partial charge in [-0.25, -0.2) is 4.57 Å². The zero-order valence-corrected chi connectivity index (χ0v) is 35.1. The van der Waals surface area contributed by atoms with Crippen LogP contribution in [0.3, 0.4) is 0 Å². The third-order valence-electron chi connectivity index (χ3n) is 9.01. The van der Waals surface area contributed by atoms with E-state index in [0.29, 0.717) is 13.0 Å². The Bertz CT molecular complexity index is 952. The van der Waals surface area contributed by atoms with Crippen molar-refractivity contribution in [2.75, 3.05) is 33.0 Å². The maximum absolute atomic E-state index is 12.6. The molecule has 0 aliphatic rings. The molecule has 0 aromatic heterocycles. The second-order valence-corrected chi connectivity index (χ2v) is 15.6. The van der Waals surface area contributed by atoms with Crippen molar-refractivity contribution >= 4 is 13.8 Å². The van der Waals surface area contributed by atoms with Crippen LogP contribution in [0.1, 0.15) is 187 Å². The Morgan fingerprint density at radius 2 is 1.04 bits per heavy atom. The Labute approximate surface area is 326 Å². The molecule has 2 unspecified atom stereocenters. The normalized spacial score (nSPS) is 14.0. The van der Waals surface area contributed by atoms with Crippen molar-refractivity contribution in [3.8, 4) is 0 Å². The van der Waals surface area contributed by atoms with E-state index in [1.165, 1.54) is 109 Å². The molecule has 310 valence electrons. The first-order valence-electron chi connectivity index (χ1n) is 21.6. The van der Waals surface area contributed by atoms with E-state index in [2.05, 4.69) is 62.5 Å². The lowest BCUT2D eigenvalue weighted by Gasteiger charge is -2.20. The number of allylic oxidation sites excluding steroid dienone is 8. The topological polar surface area (TPSA) is 117 Å². The van der Waals surface area contributed by atoms with E-state index in [9.17, 15) is 14.3 Å². The first kappa shape index (κ1) is 51.5. The average molecular weight is 768 g/mol. The number of carbonyl (C=O) groups excluding carboxylic acids is 1. The van der Waals surface area contributed by atoms with E-state index >= 15 is 0 Å². The van der Waals surface area contributed by atoms with Crippen molar-refractivity contribution in [2.45, 2.75) is 193 Å². The molecule has 0 saturated heterocycles. The minimum Gasteiger partial charge on any atom is -0.457 e. The van der Waals surface area contributed by atoms with Gasteiger partial charge in [0.05, 0.1) is 19.8 Å². The van der Waals surface area contributed by atoms with Crippen LogP contribution < -0.4 is 5.73 Å². The van der Waals surface area contributed by atoms with Gasteiger partial charge in [-0.05, 0) is 44.9 Å². The number of unbranched alkanes of at least 4 members (excludes halogenated alkanes) is 20. The van der Waals surface area contributed by atoms with Gasteiger partial charge in [0.25, 0.3) is 0 Å². The van der Waals surface area contributed by atoms with Crippen LogP contribution in [-0.2, 0) is 27.9 Å². The summed E-state index contributed by atoms with van der Waals surface area (Å²) in [6.45, 7) is 4.67. The van der Waals surface area contributed by atoms with E-state index in [4.69, 9.17) is 24.3 Å². The summed E-state index contributed by atoms with van der Waals surface area (Å²) in [7, 11) is -4.29. The number of ether oxygens (including phenoxy) is 2. The summed E-state index contributed by atoms with van der Waals surface area (Å²) in [5, 5.41) is 0. The van der Waals surface area contributed by atoms with Gasteiger partial charge in [0, 0.05) is 19.6 Å². The van der Waals surface area contributed by atoms with E-state index < -0.39 is 13.9 Å². The van der Waals surface area contributed by atoms with Gasteiger partial charge in [-0.1, -0.05) is 184 Å². The van der Waals surface area contributed by atoms with Crippen LogP contribution in [0.2, 0.25) is 0 Å². The molecule has 8 nitrogen and oxygen atoms in total. The number of phosphoric acid groups is 1. The lowest BCUT2D eigenvalue weighted by atomic mass is 10.0. The summed E-state index contributed by atoms with van der Waals surface area (Å²) in [5.41, 5.74) is 5.36. The molecule has 53 heavy (non-hydrogen) atoms. The van der Waals surface area contributed by atoms with E-state index in [1.807, 2.05) is 0 Å². The summed E-state index contributed by atoms with van der Waals surface area (Å²) < 4.78 is 33.3. The smallest absolute Gasteiger partial charge is 0.457 e. The highest BCUT2D eigenvalue weighted by Crippen LogP contribution is 2.43. The van der Waals surface area contributed by atoms with Gasteiger partial charge in [0.15, 0.2) is 0 Å². The molecule has 0 aromatic rings. The summed E-state index contributed by atoms with van der Waals surface area (Å²) in [6, 6.07) is 0. The van der Waals surface area contributed by atoms with Crippen molar-refractivity contribution in [3.05, 3.63) is 48.6 Å². The number of hydrogen-bond acceptors (Lipinski definition) is 7. The van der Waals surface area contributed by atoms with Crippen molar-refractivity contribution in [3.63, 3.8) is 0 Å². The van der Waals surface area contributed by atoms with Gasteiger partial charge >= 0.3 is 13.8 Å². The average Bonchev–Trinajstić information content (AvgIpc) is 3.15. The van der Waals surface area contributed by atoms with Gasteiger partial charge in [-0.15, -0.1) is 0 Å². The number of nitrogens with two attached hydrogens (primary N) is 1. The SMILES string of the molecule is CC/C=C\C/C=C\C/C=C\C/C=C\CCCOCC(COP(=O)(O)OCCN)OC(=O)CCCCCCCCCCCCCCCCCCCCCC. The van der Waals surface area contributed by atoms with Crippen molar-refractivity contribution < 1.29 is 32.8 Å². The van der Waals surface area contributed by atoms with E-state index in [-0.39, 0.29) is 32.3 Å². The highest BCUT2D eigenvalue weighted by Gasteiger charge is 2.25. The lowest BCUT2D eigenvalue weighted by Crippen LogP contribution is -2.28. The molecule has 0 amide bonds. The van der Waals surface area contributed by atoms with Gasteiger partial charge in [-0.2, -0.15) is 0 Å². The zero-order valence-electron chi connectivity index (χ0n) is 34.2. The largest absolute Gasteiger partial charge is 0.472 e. The molecule has 2 atom stereocenters. The fraction of sp³-hybridized carbons (Fsp3) is 0.795. The Balaban J connectivity index is 4.05.